The van der Waals surface area contributed by atoms with E-state index >= 15 is 0 Å². The van der Waals surface area contributed by atoms with Crippen molar-refractivity contribution in [2.75, 3.05) is 27.3 Å². The molecule has 0 saturated carbocycles. The van der Waals surface area contributed by atoms with Gasteiger partial charge in [0.2, 0.25) is 0 Å². The van der Waals surface area contributed by atoms with Crippen LogP contribution in [0.4, 0.5) is 4.39 Å². The van der Waals surface area contributed by atoms with Gasteiger partial charge in [-0.15, -0.1) is 0 Å². The summed E-state index contributed by atoms with van der Waals surface area (Å²) in [7, 11) is 2.87. The smallest absolute Gasteiger partial charge is 0.259 e. The summed E-state index contributed by atoms with van der Waals surface area (Å²) in [6.45, 7) is 2.08. The van der Waals surface area contributed by atoms with Crippen LogP contribution in [-0.2, 0) is 6.54 Å². The predicted molar refractivity (Wildman–Crippen MR) is 112 cm³/mol. The van der Waals surface area contributed by atoms with E-state index in [0.29, 0.717) is 13.1 Å². The van der Waals surface area contributed by atoms with Crippen LogP contribution in [0.25, 0.3) is 0 Å². The van der Waals surface area contributed by atoms with Crippen molar-refractivity contribution in [3.63, 3.8) is 0 Å². The molecule has 0 bridgehead atoms. The van der Waals surface area contributed by atoms with Crippen LogP contribution >= 0.6 is 23.2 Å². The van der Waals surface area contributed by atoms with Crippen LogP contribution in [0.1, 0.15) is 28.8 Å². The first kappa shape index (κ1) is 21.7. The third-order valence-electron chi connectivity index (χ3n) is 5.07. The molecule has 0 aliphatic carbocycles. The first-order valence-electron chi connectivity index (χ1n) is 9.31. The number of hydrogen-bond donors (Lipinski definition) is 1. The van der Waals surface area contributed by atoms with Crippen molar-refractivity contribution in [3.05, 3.63) is 57.3 Å². The summed E-state index contributed by atoms with van der Waals surface area (Å²) in [4.78, 5) is 15.2. The molecule has 2 aromatic carbocycles. The van der Waals surface area contributed by atoms with Crippen molar-refractivity contribution < 1.29 is 18.7 Å². The molecule has 1 amide bonds. The molecule has 29 heavy (non-hydrogen) atoms. The minimum atomic E-state index is -0.364. The Morgan fingerprint density at radius 3 is 2.38 bits per heavy atom. The molecule has 1 aliphatic heterocycles. The van der Waals surface area contributed by atoms with Crippen molar-refractivity contribution in [2.45, 2.75) is 25.4 Å². The number of likely N-dealkylation sites (tertiary alicyclic amines) is 1. The summed E-state index contributed by atoms with van der Waals surface area (Å²) in [5.74, 6) is -0.168. The standard InChI is InChI=1S/C21H23Cl2FN2O3/c1-28-19-16(22)10-17(23)20(29-2)18(19)21(27)25-11-15-4-3-9-26(15)12-13-5-7-14(24)8-6-13/h5-8,10,15H,3-4,9,11-12H2,1-2H3,(H,25,27)/t15-/m1/s1. The minimum Gasteiger partial charge on any atom is -0.494 e. The molecule has 0 spiro atoms. The quantitative estimate of drug-likeness (QED) is 0.686. The van der Waals surface area contributed by atoms with Gasteiger partial charge in [0, 0.05) is 19.1 Å². The SMILES string of the molecule is COc1c(Cl)cc(Cl)c(OC)c1C(=O)NC[C@H]1CCCN1Cc1ccc(F)cc1. The highest BCUT2D eigenvalue weighted by Crippen LogP contribution is 2.41. The molecule has 1 aliphatic rings. The molecule has 1 heterocycles. The number of halogens is 3. The van der Waals surface area contributed by atoms with Crippen molar-refractivity contribution in [1.82, 2.24) is 10.2 Å². The maximum Gasteiger partial charge on any atom is 0.259 e. The number of hydrogen-bond acceptors (Lipinski definition) is 4. The molecule has 1 fully saturated rings. The number of nitrogens with zero attached hydrogens (tertiary/aromatic N) is 1. The van der Waals surface area contributed by atoms with Crippen LogP contribution in [0.15, 0.2) is 30.3 Å². The third-order valence-corrected chi connectivity index (χ3v) is 5.63. The fraction of sp³-hybridized carbons (Fsp3) is 0.381. The zero-order chi connectivity index (χ0) is 21.0. The fourth-order valence-electron chi connectivity index (χ4n) is 3.65. The summed E-state index contributed by atoms with van der Waals surface area (Å²) < 4.78 is 23.7. The van der Waals surface area contributed by atoms with Gasteiger partial charge < -0.3 is 14.8 Å². The summed E-state index contributed by atoms with van der Waals surface area (Å²) in [5.41, 5.74) is 1.21. The van der Waals surface area contributed by atoms with E-state index in [1.165, 1.54) is 32.4 Å². The maximum atomic E-state index is 13.1. The summed E-state index contributed by atoms with van der Waals surface area (Å²) in [5, 5.41) is 3.43. The van der Waals surface area contributed by atoms with Crippen molar-refractivity contribution in [2.24, 2.45) is 0 Å². The Bertz CT molecular complexity index is 849. The first-order chi connectivity index (χ1) is 13.9. The zero-order valence-electron chi connectivity index (χ0n) is 16.3. The molecule has 3 rings (SSSR count). The fourth-order valence-corrected chi connectivity index (χ4v) is 4.26. The molecular weight excluding hydrogens is 418 g/mol. The highest BCUT2D eigenvalue weighted by atomic mass is 35.5. The number of benzene rings is 2. The zero-order valence-corrected chi connectivity index (χ0v) is 17.8. The molecular formula is C21H23Cl2FN2O3. The molecule has 2 aromatic rings. The average molecular weight is 441 g/mol. The number of amides is 1. The highest BCUT2D eigenvalue weighted by Gasteiger charge is 2.28. The lowest BCUT2D eigenvalue weighted by molar-refractivity contribution is 0.0933. The van der Waals surface area contributed by atoms with Gasteiger partial charge in [0.05, 0.1) is 24.3 Å². The van der Waals surface area contributed by atoms with Gasteiger partial charge >= 0.3 is 0 Å². The Labute approximate surface area is 179 Å². The summed E-state index contributed by atoms with van der Waals surface area (Å²) in [6, 6.07) is 8.15. The van der Waals surface area contributed by atoms with Gasteiger partial charge in [0.25, 0.3) is 5.91 Å². The minimum absolute atomic E-state index is 0.176. The topological polar surface area (TPSA) is 50.8 Å². The molecule has 0 aromatic heterocycles. The molecule has 0 unspecified atom stereocenters. The van der Waals surface area contributed by atoms with Gasteiger partial charge in [-0.05, 0) is 43.1 Å². The lowest BCUT2D eigenvalue weighted by Gasteiger charge is -2.25. The normalized spacial score (nSPS) is 16.7. The Hall–Kier alpha value is -2.02. The van der Waals surface area contributed by atoms with E-state index < -0.39 is 0 Å². The molecule has 8 heteroatoms. The summed E-state index contributed by atoms with van der Waals surface area (Å²) >= 11 is 12.4. The van der Waals surface area contributed by atoms with E-state index in [2.05, 4.69) is 10.2 Å². The van der Waals surface area contributed by atoms with Crippen LogP contribution in [-0.4, -0.2) is 44.2 Å². The van der Waals surface area contributed by atoms with E-state index in [1.807, 2.05) is 0 Å². The molecule has 0 radical (unpaired) electrons. The third kappa shape index (κ3) is 4.94. The predicted octanol–water partition coefficient (Wildman–Crippen LogP) is 4.54. The van der Waals surface area contributed by atoms with Gasteiger partial charge in [-0.1, -0.05) is 35.3 Å². The maximum absolute atomic E-state index is 13.1. The van der Waals surface area contributed by atoms with Crippen molar-refractivity contribution >= 4 is 29.1 Å². The monoisotopic (exact) mass is 440 g/mol. The molecule has 156 valence electrons. The number of ether oxygens (including phenoxy) is 2. The second-order valence-electron chi connectivity index (χ2n) is 6.88. The van der Waals surface area contributed by atoms with Gasteiger partial charge in [-0.3, -0.25) is 9.69 Å². The van der Waals surface area contributed by atoms with Gasteiger partial charge in [0.15, 0.2) is 11.5 Å². The Morgan fingerprint density at radius 1 is 1.17 bits per heavy atom. The number of nitrogens with one attached hydrogen (secondary N) is 1. The van der Waals surface area contributed by atoms with Gasteiger partial charge in [-0.2, -0.15) is 0 Å². The van der Waals surface area contributed by atoms with Crippen LogP contribution in [0, 0.1) is 5.82 Å². The Morgan fingerprint density at radius 2 is 1.79 bits per heavy atom. The van der Waals surface area contributed by atoms with Crippen molar-refractivity contribution in [3.8, 4) is 11.5 Å². The van der Waals surface area contributed by atoms with E-state index in [1.54, 1.807) is 12.1 Å². The lowest BCUT2D eigenvalue weighted by Crippen LogP contribution is -2.40. The van der Waals surface area contributed by atoms with Crippen LogP contribution < -0.4 is 14.8 Å². The largest absolute Gasteiger partial charge is 0.494 e. The van der Waals surface area contributed by atoms with E-state index in [9.17, 15) is 9.18 Å². The first-order valence-corrected chi connectivity index (χ1v) is 10.1. The summed E-state index contributed by atoms with van der Waals surface area (Å²) in [6.07, 6.45) is 2.00. The Balaban J connectivity index is 1.71. The number of methoxy groups -OCH3 is 2. The van der Waals surface area contributed by atoms with E-state index in [0.717, 1.165) is 24.9 Å². The number of carbonyl (C=O) groups excluding carboxylic acids is 1. The lowest BCUT2D eigenvalue weighted by atomic mass is 10.1. The van der Waals surface area contributed by atoms with Gasteiger partial charge in [-0.25, -0.2) is 4.39 Å². The average Bonchev–Trinajstić information content (AvgIpc) is 3.14. The van der Waals surface area contributed by atoms with Crippen LogP contribution in [0.5, 0.6) is 11.5 Å². The molecule has 5 nitrogen and oxygen atoms in total. The highest BCUT2D eigenvalue weighted by molar-refractivity contribution is 6.37. The van der Waals surface area contributed by atoms with Crippen LogP contribution in [0.3, 0.4) is 0 Å². The van der Waals surface area contributed by atoms with E-state index in [-0.39, 0.29) is 44.9 Å². The Kier molecular flexibility index (Phi) is 7.22. The van der Waals surface area contributed by atoms with E-state index in [4.69, 9.17) is 32.7 Å². The second kappa shape index (κ2) is 9.65. The number of carbonyl (C=O) groups is 1. The van der Waals surface area contributed by atoms with Crippen LogP contribution in [0.2, 0.25) is 10.0 Å². The molecule has 1 saturated heterocycles. The number of rotatable bonds is 7. The molecule has 1 atom stereocenters. The van der Waals surface area contributed by atoms with Crippen molar-refractivity contribution in [1.29, 1.82) is 0 Å². The molecule has 1 N–H and O–H groups in total. The van der Waals surface area contributed by atoms with Gasteiger partial charge in [0.1, 0.15) is 11.4 Å². The second-order valence-corrected chi connectivity index (χ2v) is 7.70.